The highest BCUT2D eigenvalue weighted by Crippen LogP contribution is 2.25. The molecule has 4 N–H and O–H groups in total. The Morgan fingerprint density at radius 2 is 0.472 bits per heavy atom. The quantitative estimate of drug-likeness (QED) is 0.0391. The van der Waals surface area contributed by atoms with Crippen molar-refractivity contribution in [2.24, 2.45) is 0 Å². The van der Waals surface area contributed by atoms with Crippen molar-refractivity contribution in [3.63, 3.8) is 0 Å². The lowest BCUT2D eigenvalue weighted by atomic mass is 10.0. The normalized spacial score (nSPS) is 11.8. The summed E-state index contributed by atoms with van der Waals surface area (Å²) in [7, 11) is 4.17. The van der Waals surface area contributed by atoms with Gasteiger partial charge in [-0.25, -0.2) is 0 Å². The van der Waals surface area contributed by atoms with E-state index in [1.54, 1.807) is 0 Å². The number of hydrogen-bond donors (Lipinski definition) is 4. The van der Waals surface area contributed by atoms with Crippen molar-refractivity contribution in [1.29, 1.82) is 0 Å². The van der Waals surface area contributed by atoms with E-state index < -0.39 is 12.6 Å². The Morgan fingerprint density at radius 1 is 0.278 bits per heavy atom. The summed E-state index contributed by atoms with van der Waals surface area (Å²) >= 11 is 0. The molecule has 36 heavy (non-hydrogen) atoms. The Morgan fingerprint density at radius 3 is 0.694 bits per heavy atom. The summed E-state index contributed by atoms with van der Waals surface area (Å²) in [5.41, 5.74) is 0. The third kappa shape index (κ3) is 34.5. The van der Waals surface area contributed by atoms with E-state index in [0.29, 0.717) is 12.8 Å². The molecule has 0 radical (unpaired) electrons. The van der Waals surface area contributed by atoms with Crippen LogP contribution in [0.2, 0.25) is 0 Å². The number of aliphatic hydroxyl groups is 4. The van der Waals surface area contributed by atoms with Crippen LogP contribution in [0.4, 0.5) is 0 Å². The number of aliphatic hydroxyl groups excluding tert-OH is 2. The Labute approximate surface area is 232 Å². The van der Waals surface area contributed by atoms with Crippen molar-refractivity contribution in [3.8, 4) is 0 Å². The van der Waals surface area contributed by atoms with Gasteiger partial charge in [-0.1, -0.05) is 150 Å². The molecule has 0 rings (SSSR count). The van der Waals surface area contributed by atoms with E-state index in [1.807, 2.05) is 0 Å². The van der Waals surface area contributed by atoms with Crippen LogP contribution in [0, 0.1) is 0 Å². The molecule has 0 aromatic carbocycles. The van der Waals surface area contributed by atoms with Crippen LogP contribution in [-0.2, 0) is 0 Å². The molecule has 0 saturated heterocycles. The van der Waals surface area contributed by atoms with E-state index in [2.05, 4.69) is 21.6 Å². The first-order valence-electron chi connectivity index (χ1n) is 15.6. The fourth-order valence-corrected chi connectivity index (χ4v) is 6.92. The molecule has 0 spiro atoms. The lowest BCUT2D eigenvalue weighted by molar-refractivity contribution is -0.0472. The summed E-state index contributed by atoms with van der Waals surface area (Å²) < 4.78 is 0. The van der Waals surface area contributed by atoms with Crippen molar-refractivity contribution < 1.29 is 20.4 Å². The largest absolute Gasteiger partial charge is 0.368 e. The molecule has 0 amide bonds. The maximum Gasteiger partial charge on any atom is 0.151 e. The monoisotopic (exact) mass is 550 g/mol. The molecule has 0 unspecified atom stereocenters. The van der Waals surface area contributed by atoms with Gasteiger partial charge in [0.15, 0.2) is 12.6 Å². The van der Waals surface area contributed by atoms with Gasteiger partial charge in [-0.2, -0.15) is 0 Å². The zero-order valence-electron chi connectivity index (χ0n) is 23.6. The van der Waals surface area contributed by atoms with E-state index in [9.17, 15) is 0 Å². The van der Waals surface area contributed by atoms with Gasteiger partial charge < -0.3 is 20.4 Å². The summed E-state index contributed by atoms with van der Waals surface area (Å²) in [4.78, 5) is 0. The van der Waals surface area contributed by atoms with E-state index in [1.165, 1.54) is 140 Å². The molecule has 0 atom stereocenters. The third-order valence-electron chi connectivity index (χ3n) is 6.96. The van der Waals surface area contributed by atoms with Crippen LogP contribution in [0.5, 0.6) is 0 Å². The molecule has 0 aliphatic rings. The SMILES string of the molecule is OC(O)CCCCCCCCCCCCCCSSCCCCCCCCCCCCCCC(O)O. The maximum absolute atomic E-state index is 8.81. The second-order valence-corrected chi connectivity index (χ2v) is 13.4. The minimum absolute atomic E-state index is 0.530. The number of rotatable bonds is 31. The average molecular weight is 551 g/mol. The Kier molecular flexibility index (Phi) is 32.2. The predicted octanol–water partition coefficient (Wildman–Crippen LogP) is 9.13. The summed E-state index contributed by atoms with van der Waals surface area (Å²) in [5.74, 6) is 2.64. The zero-order chi connectivity index (χ0) is 26.4. The first kappa shape index (κ1) is 36.5. The minimum atomic E-state index is -1.11. The predicted molar refractivity (Wildman–Crippen MR) is 161 cm³/mol. The van der Waals surface area contributed by atoms with Crippen molar-refractivity contribution in [1.82, 2.24) is 0 Å². The van der Waals surface area contributed by atoms with Crippen LogP contribution in [0.25, 0.3) is 0 Å². The second kappa shape index (κ2) is 31.8. The molecular weight excluding hydrogens is 488 g/mol. The molecule has 0 aromatic heterocycles. The smallest absolute Gasteiger partial charge is 0.151 e. The maximum atomic E-state index is 8.81. The van der Waals surface area contributed by atoms with Crippen molar-refractivity contribution >= 4 is 21.6 Å². The van der Waals surface area contributed by atoms with Gasteiger partial charge in [-0.05, 0) is 38.5 Å². The van der Waals surface area contributed by atoms with Crippen LogP contribution in [0.1, 0.15) is 167 Å². The van der Waals surface area contributed by atoms with E-state index in [4.69, 9.17) is 20.4 Å². The first-order valence-corrected chi connectivity index (χ1v) is 18.1. The van der Waals surface area contributed by atoms with Crippen LogP contribution in [0.3, 0.4) is 0 Å². The first-order chi connectivity index (χ1) is 17.6. The highest BCUT2D eigenvalue weighted by molar-refractivity contribution is 8.76. The number of hydrogen-bond acceptors (Lipinski definition) is 6. The Bertz CT molecular complexity index is 361. The van der Waals surface area contributed by atoms with E-state index in [0.717, 1.165) is 25.7 Å². The average Bonchev–Trinajstić information content (AvgIpc) is 2.85. The summed E-state index contributed by atoms with van der Waals surface area (Å²) in [6.07, 6.45) is 30.3. The van der Waals surface area contributed by atoms with Crippen LogP contribution < -0.4 is 0 Å². The highest BCUT2D eigenvalue weighted by atomic mass is 33.1. The zero-order valence-corrected chi connectivity index (χ0v) is 25.2. The lowest BCUT2D eigenvalue weighted by Crippen LogP contribution is -2.02. The van der Waals surface area contributed by atoms with Crippen molar-refractivity contribution in [3.05, 3.63) is 0 Å². The fraction of sp³-hybridized carbons (Fsp3) is 1.00. The standard InChI is InChI=1S/C30H62O4S2/c31-29(32)25-21-17-13-9-5-1-3-7-11-15-19-23-27-35-36-28-24-20-16-12-8-4-2-6-10-14-18-22-26-30(33)34/h29-34H,1-28H2. The van der Waals surface area contributed by atoms with Crippen LogP contribution in [0.15, 0.2) is 0 Å². The minimum Gasteiger partial charge on any atom is -0.368 e. The van der Waals surface area contributed by atoms with Gasteiger partial charge in [-0.3, -0.25) is 0 Å². The van der Waals surface area contributed by atoms with Gasteiger partial charge in [0.2, 0.25) is 0 Å². The van der Waals surface area contributed by atoms with Gasteiger partial charge >= 0.3 is 0 Å². The molecule has 0 heterocycles. The molecule has 0 aliphatic carbocycles. The van der Waals surface area contributed by atoms with Gasteiger partial charge in [0.25, 0.3) is 0 Å². The Hall–Kier alpha value is 0.540. The van der Waals surface area contributed by atoms with Gasteiger partial charge in [0, 0.05) is 11.5 Å². The molecule has 4 nitrogen and oxygen atoms in total. The van der Waals surface area contributed by atoms with Gasteiger partial charge in [0.1, 0.15) is 0 Å². The topological polar surface area (TPSA) is 80.9 Å². The second-order valence-electron chi connectivity index (χ2n) is 10.7. The molecule has 218 valence electrons. The van der Waals surface area contributed by atoms with Crippen molar-refractivity contribution in [2.75, 3.05) is 11.5 Å². The fourth-order valence-electron chi connectivity index (χ4n) is 4.63. The molecule has 0 bridgehead atoms. The molecule has 0 fully saturated rings. The number of unbranched alkanes of at least 4 members (excludes halogenated alkanes) is 22. The Balaban J connectivity index is 3.02. The summed E-state index contributed by atoms with van der Waals surface area (Å²) in [5, 5.41) is 35.2. The van der Waals surface area contributed by atoms with E-state index >= 15 is 0 Å². The molecule has 6 heteroatoms. The van der Waals surface area contributed by atoms with E-state index in [-0.39, 0.29) is 0 Å². The summed E-state index contributed by atoms with van der Waals surface area (Å²) in [6, 6.07) is 0. The van der Waals surface area contributed by atoms with Crippen LogP contribution >= 0.6 is 21.6 Å². The van der Waals surface area contributed by atoms with Gasteiger partial charge in [0.05, 0.1) is 0 Å². The highest BCUT2D eigenvalue weighted by Gasteiger charge is 1.99. The molecule has 0 aromatic rings. The summed E-state index contributed by atoms with van der Waals surface area (Å²) in [6.45, 7) is 0. The van der Waals surface area contributed by atoms with Gasteiger partial charge in [-0.15, -0.1) is 0 Å². The molecule has 0 saturated carbocycles. The molecule has 0 aliphatic heterocycles. The van der Waals surface area contributed by atoms with Crippen LogP contribution in [-0.4, -0.2) is 44.5 Å². The van der Waals surface area contributed by atoms with Crippen molar-refractivity contribution in [2.45, 2.75) is 180 Å². The lowest BCUT2D eigenvalue weighted by Gasteiger charge is -2.05. The third-order valence-corrected chi connectivity index (χ3v) is 9.54. The molecular formula is C30H62O4S2.